The van der Waals surface area contributed by atoms with Crippen molar-refractivity contribution < 1.29 is 9.53 Å². The molecule has 1 saturated heterocycles. The Balaban J connectivity index is 1.99. The fraction of sp³-hybridized carbons (Fsp3) is 0.562. The van der Waals surface area contributed by atoms with Crippen LogP contribution in [0.1, 0.15) is 55.3 Å². The molecule has 4 heteroatoms. The van der Waals surface area contributed by atoms with Crippen LogP contribution in [0.25, 0.3) is 0 Å². The van der Waals surface area contributed by atoms with Crippen LogP contribution in [0.3, 0.4) is 0 Å². The number of hydrogen-bond acceptors (Lipinski definition) is 3. The Hall–Kier alpha value is -1.39. The quantitative estimate of drug-likeness (QED) is 0.890. The largest absolute Gasteiger partial charge is 0.376 e. The molecule has 2 aliphatic rings. The summed E-state index contributed by atoms with van der Waals surface area (Å²) in [6.07, 6.45) is 3.10. The van der Waals surface area contributed by atoms with Crippen molar-refractivity contribution in [3.63, 3.8) is 0 Å². The van der Waals surface area contributed by atoms with Crippen molar-refractivity contribution in [1.29, 1.82) is 0 Å². The maximum Gasteiger partial charge on any atom is 0.231 e. The molecule has 1 amide bonds. The first-order valence-corrected chi connectivity index (χ1v) is 7.46. The van der Waals surface area contributed by atoms with E-state index < -0.39 is 0 Å². The highest BCUT2D eigenvalue weighted by atomic mass is 16.5. The van der Waals surface area contributed by atoms with Crippen molar-refractivity contribution in [3.05, 3.63) is 28.8 Å². The third kappa shape index (κ3) is 2.13. The molecule has 4 nitrogen and oxygen atoms in total. The molecule has 108 valence electrons. The summed E-state index contributed by atoms with van der Waals surface area (Å²) in [6, 6.07) is 4.11. The second-order valence-corrected chi connectivity index (χ2v) is 5.79. The van der Waals surface area contributed by atoms with Gasteiger partial charge >= 0.3 is 0 Å². The summed E-state index contributed by atoms with van der Waals surface area (Å²) in [4.78, 5) is 11.9. The Bertz CT molecular complexity index is 536. The average Bonchev–Trinajstić information content (AvgIpc) is 3.07. The van der Waals surface area contributed by atoms with Crippen LogP contribution in [0.5, 0.6) is 0 Å². The van der Waals surface area contributed by atoms with Gasteiger partial charge in [-0.3, -0.25) is 4.79 Å². The molecule has 0 aromatic heterocycles. The molecule has 0 bridgehead atoms. The monoisotopic (exact) mass is 274 g/mol. The number of carbonyl (C=O) groups is 1. The number of ether oxygens (including phenoxy) is 1. The molecule has 0 saturated carbocycles. The molecule has 3 atom stereocenters. The van der Waals surface area contributed by atoms with Gasteiger partial charge in [-0.15, -0.1) is 0 Å². The minimum absolute atomic E-state index is 0.0811. The van der Waals surface area contributed by atoms with Crippen molar-refractivity contribution in [2.75, 3.05) is 11.9 Å². The molecular formula is C16H22N2O2. The maximum atomic E-state index is 11.9. The molecule has 1 fully saturated rings. The molecular weight excluding hydrogens is 252 g/mol. The summed E-state index contributed by atoms with van der Waals surface area (Å²) < 4.78 is 5.70. The van der Waals surface area contributed by atoms with Gasteiger partial charge < -0.3 is 15.8 Å². The van der Waals surface area contributed by atoms with Crippen LogP contribution in [0, 0.1) is 0 Å². The highest BCUT2D eigenvalue weighted by molar-refractivity contribution is 6.03. The number of amides is 1. The number of benzene rings is 1. The normalized spacial score (nSPS) is 26.4. The van der Waals surface area contributed by atoms with Crippen molar-refractivity contribution in [2.45, 2.75) is 51.2 Å². The number of anilines is 1. The summed E-state index contributed by atoms with van der Waals surface area (Å²) in [7, 11) is 0. The first-order valence-electron chi connectivity index (χ1n) is 7.46. The molecule has 2 aliphatic heterocycles. The first kappa shape index (κ1) is 13.6. The van der Waals surface area contributed by atoms with Gasteiger partial charge in [0.2, 0.25) is 5.91 Å². The lowest BCUT2D eigenvalue weighted by atomic mass is 9.91. The number of nitrogens with two attached hydrogens (primary N) is 1. The second-order valence-electron chi connectivity index (χ2n) is 5.79. The lowest BCUT2D eigenvalue weighted by Gasteiger charge is -2.21. The van der Waals surface area contributed by atoms with Crippen LogP contribution >= 0.6 is 0 Å². The van der Waals surface area contributed by atoms with E-state index in [1.807, 2.05) is 6.92 Å². The van der Waals surface area contributed by atoms with E-state index in [2.05, 4.69) is 24.4 Å². The van der Waals surface area contributed by atoms with Crippen molar-refractivity contribution >= 4 is 11.6 Å². The van der Waals surface area contributed by atoms with Gasteiger partial charge in [0.05, 0.1) is 18.1 Å². The van der Waals surface area contributed by atoms with Gasteiger partial charge in [-0.1, -0.05) is 19.1 Å². The average molecular weight is 274 g/mol. The highest BCUT2D eigenvalue weighted by Gasteiger charge is 2.31. The van der Waals surface area contributed by atoms with Gasteiger partial charge in [-0.2, -0.15) is 0 Å². The summed E-state index contributed by atoms with van der Waals surface area (Å²) in [5.41, 5.74) is 10.7. The van der Waals surface area contributed by atoms with Crippen LogP contribution in [0.4, 0.5) is 5.69 Å². The predicted octanol–water partition coefficient (Wildman–Crippen LogP) is 2.48. The van der Waals surface area contributed by atoms with E-state index in [9.17, 15) is 4.79 Å². The van der Waals surface area contributed by atoms with Crippen molar-refractivity contribution in [3.8, 4) is 0 Å². The van der Waals surface area contributed by atoms with Crippen molar-refractivity contribution in [1.82, 2.24) is 0 Å². The molecule has 3 rings (SSSR count). The summed E-state index contributed by atoms with van der Waals surface area (Å²) in [6.45, 7) is 4.86. The summed E-state index contributed by atoms with van der Waals surface area (Å²) >= 11 is 0. The maximum absolute atomic E-state index is 11.9. The van der Waals surface area contributed by atoms with Gasteiger partial charge in [0.25, 0.3) is 0 Å². The summed E-state index contributed by atoms with van der Waals surface area (Å²) in [5, 5.41) is 2.99. The van der Waals surface area contributed by atoms with E-state index in [0.29, 0.717) is 0 Å². The Morgan fingerprint density at radius 1 is 1.50 bits per heavy atom. The standard InChI is InChI=1S/C16H22N2O2/c1-3-10-7-11(14(17)13-5-4-6-20-13)8-12-9(2)16(19)18-15(10)12/h7-9,13-14H,3-6,17H2,1-2H3,(H,18,19). The topological polar surface area (TPSA) is 64.3 Å². The van der Waals surface area contributed by atoms with Gasteiger partial charge in [-0.25, -0.2) is 0 Å². The minimum atomic E-state index is -0.101. The fourth-order valence-electron chi connectivity index (χ4n) is 3.19. The minimum Gasteiger partial charge on any atom is -0.376 e. The number of rotatable bonds is 3. The molecule has 2 heterocycles. The SMILES string of the molecule is CCc1cc(C(N)C2CCCO2)cc2c1NC(=O)C2C. The molecule has 3 unspecified atom stereocenters. The van der Waals surface area contributed by atoms with Crippen LogP contribution in [-0.2, 0) is 16.0 Å². The lowest BCUT2D eigenvalue weighted by molar-refractivity contribution is -0.116. The lowest BCUT2D eigenvalue weighted by Crippen LogP contribution is -2.25. The van der Waals surface area contributed by atoms with Gasteiger partial charge in [-0.05, 0) is 42.9 Å². The van der Waals surface area contributed by atoms with Crippen LogP contribution in [-0.4, -0.2) is 18.6 Å². The number of hydrogen-bond donors (Lipinski definition) is 2. The third-order valence-electron chi connectivity index (χ3n) is 4.51. The highest BCUT2D eigenvalue weighted by Crippen LogP contribution is 2.38. The smallest absolute Gasteiger partial charge is 0.231 e. The van der Waals surface area contributed by atoms with E-state index in [1.54, 1.807) is 0 Å². The molecule has 1 aromatic rings. The van der Waals surface area contributed by atoms with Gasteiger partial charge in [0, 0.05) is 12.3 Å². The number of aryl methyl sites for hydroxylation is 1. The number of nitrogens with one attached hydrogen (secondary N) is 1. The van der Waals surface area contributed by atoms with E-state index in [-0.39, 0.29) is 24.0 Å². The van der Waals surface area contributed by atoms with E-state index in [1.165, 1.54) is 5.56 Å². The molecule has 20 heavy (non-hydrogen) atoms. The fourth-order valence-corrected chi connectivity index (χ4v) is 3.19. The molecule has 1 aromatic carbocycles. The van der Waals surface area contributed by atoms with Gasteiger partial charge in [0.15, 0.2) is 0 Å². The zero-order valence-electron chi connectivity index (χ0n) is 12.1. The van der Waals surface area contributed by atoms with Crippen LogP contribution < -0.4 is 11.1 Å². The Kier molecular flexibility index (Phi) is 3.52. The molecule has 0 spiro atoms. The van der Waals surface area contributed by atoms with Crippen LogP contribution in [0.2, 0.25) is 0 Å². The van der Waals surface area contributed by atoms with E-state index in [0.717, 1.165) is 42.7 Å². The zero-order valence-corrected chi connectivity index (χ0v) is 12.1. The third-order valence-corrected chi connectivity index (χ3v) is 4.51. The number of carbonyl (C=O) groups excluding carboxylic acids is 1. The van der Waals surface area contributed by atoms with Crippen LogP contribution in [0.15, 0.2) is 12.1 Å². The molecule has 0 aliphatic carbocycles. The van der Waals surface area contributed by atoms with Gasteiger partial charge in [0.1, 0.15) is 0 Å². The second kappa shape index (κ2) is 5.19. The zero-order chi connectivity index (χ0) is 14.3. The first-order chi connectivity index (χ1) is 9.61. The number of fused-ring (bicyclic) bond motifs is 1. The van der Waals surface area contributed by atoms with E-state index >= 15 is 0 Å². The Labute approximate surface area is 119 Å². The summed E-state index contributed by atoms with van der Waals surface area (Å²) in [5.74, 6) is -0.00974. The molecule has 0 radical (unpaired) electrons. The molecule has 3 N–H and O–H groups in total. The Morgan fingerprint density at radius 2 is 2.30 bits per heavy atom. The van der Waals surface area contributed by atoms with Crippen molar-refractivity contribution in [2.24, 2.45) is 5.73 Å². The Morgan fingerprint density at radius 3 is 2.95 bits per heavy atom. The predicted molar refractivity (Wildman–Crippen MR) is 78.8 cm³/mol. The van der Waals surface area contributed by atoms with E-state index in [4.69, 9.17) is 10.5 Å².